The smallest absolute Gasteiger partial charge is 0.409 e. The second-order valence-corrected chi connectivity index (χ2v) is 3.14. The van der Waals surface area contributed by atoms with E-state index in [4.69, 9.17) is 11.6 Å². The van der Waals surface area contributed by atoms with Crippen molar-refractivity contribution in [1.29, 1.82) is 0 Å². The first-order valence-corrected chi connectivity index (χ1v) is 4.66. The number of benzene rings is 1. The predicted octanol–water partition coefficient (Wildman–Crippen LogP) is 2.87. The van der Waals surface area contributed by atoms with Gasteiger partial charge in [-0.25, -0.2) is 4.79 Å². The molecule has 14 heavy (non-hydrogen) atoms. The van der Waals surface area contributed by atoms with Gasteiger partial charge in [0.25, 0.3) is 0 Å². The van der Waals surface area contributed by atoms with Gasteiger partial charge in [0.2, 0.25) is 0 Å². The van der Waals surface area contributed by atoms with Gasteiger partial charge in [-0.15, -0.1) is 0 Å². The van der Waals surface area contributed by atoms with Crippen molar-refractivity contribution in [3.05, 3.63) is 29.8 Å². The third kappa shape index (κ3) is 3.01. The molecule has 3 nitrogen and oxygen atoms in total. The lowest BCUT2D eigenvalue weighted by molar-refractivity contribution is 0.173. The third-order valence-corrected chi connectivity index (χ3v) is 1.93. The Morgan fingerprint density at radius 1 is 1.50 bits per heavy atom. The van der Waals surface area contributed by atoms with E-state index in [2.05, 4.69) is 4.74 Å². The number of aliphatic hydroxyl groups is 1. The summed E-state index contributed by atoms with van der Waals surface area (Å²) in [6, 6.07) is 6.58. The van der Waals surface area contributed by atoms with Gasteiger partial charge in [0.05, 0.1) is 6.10 Å². The fourth-order valence-corrected chi connectivity index (χ4v) is 1.18. The number of carbonyl (C=O) groups excluding carboxylic acids is 1. The zero-order valence-corrected chi connectivity index (χ0v) is 8.49. The number of hydrogen-bond acceptors (Lipinski definition) is 3. The molecule has 0 heterocycles. The van der Waals surface area contributed by atoms with E-state index in [1.54, 1.807) is 24.3 Å². The van der Waals surface area contributed by atoms with Gasteiger partial charge in [-0.05, 0) is 24.1 Å². The molecule has 1 rings (SSSR count). The molecule has 0 aliphatic rings. The molecule has 0 spiro atoms. The van der Waals surface area contributed by atoms with Crippen LogP contribution in [0.3, 0.4) is 0 Å². The van der Waals surface area contributed by atoms with Crippen molar-refractivity contribution in [2.24, 2.45) is 0 Å². The monoisotopic (exact) mass is 214 g/mol. The summed E-state index contributed by atoms with van der Waals surface area (Å²) in [7, 11) is 0. The fraction of sp³-hybridized carbons (Fsp3) is 0.300. The molecule has 0 fully saturated rings. The lowest BCUT2D eigenvalue weighted by Crippen LogP contribution is -1.98. The van der Waals surface area contributed by atoms with Crippen LogP contribution in [-0.2, 0) is 0 Å². The van der Waals surface area contributed by atoms with Crippen LogP contribution >= 0.6 is 11.6 Å². The van der Waals surface area contributed by atoms with Crippen LogP contribution < -0.4 is 4.74 Å². The van der Waals surface area contributed by atoms with Crippen molar-refractivity contribution in [1.82, 2.24) is 0 Å². The van der Waals surface area contributed by atoms with Gasteiger partial charge in [-0.3, -0.25) is 0 Å². The lowest BCUT2D eigenvalue weighted by Gasteiger charge is -2.08. The van der Waals surface area contributed by atoms with Crippen molar-refractivity contribution in [2.75, 3.05) is 0 Å². The standard InChI is InChI=1S/C10H11ClO3/c1-2-9(12)7-3-5-8(6-4-7)14-10(11)13/h3-6,9,12H,2H2,1H3. The van der Waals surface area contributed by atoms with E-state index in [1.165, 1.54) is 0 Å². The molecule has 76 valence electrons. The van der Waals surface area contributed by atoms with Crippen molar-refractivity contribution >= 4 is 17.0 Å². The zero-order valence-electron chi connectivity index (χ0n) is 7.74. The summed E-state index contributed by atoms with van der Waals surface area (Å²) < 4.78 is 4.63. The first-order valence-electron chi connectivity index (χ1n) is 4.28. The van der Waals surface area contributed by atoms with Crippen LogP contribution in [0, 0.1) is 0 Å². The average Bonchev–Trinajstić information content (AvgIpc) is 2.17. The quantitative estimate of drug-likeness (QED) is 0.787. The van der Waals surface area contributed by atoms with E-state index in [1.807, 2.05) is 6.92 Å². The third-order valence-electron chi connectivity index (χ3n) is 1.85. The molecule has 1 atom stereocenters. The first kappa shape index (κ1) is 11.0. The SMILES string of the molecule is CCC(O)c1ccc(OC(=O)Cl)cc1. The normalized spacial score (nSPS) is 12.2. The molecule has 0 saturated heterocycles. The number of carbonyl (C=O) groups is 1. The van der Waals surface area contributed by atoms with Gasteiger partial charge in [-0.1, -0.05) is 19.1 Å². The fourth-order valence-electron chi connectivity index (χ4n) is 1.09. The van der Waals surface area contributed by atoms with Crippen LogP contribution in [0.4, 0.5) is 4.79 Å². The Labute approximate surface area is 87.3 Å². The van der Waals surface area contributed by atoms with Crippen molar-refractivity contribution in [3.8, 4) is 5.75 Å². The van der Waals surface area contributed by atoms with E-state index in [0.29, 0.717) is 12.2 Å². The number of ether oxygens (including phenoxy) is 1. The van der Waals surface area contributed by atoms with Crippen LogP contribution in [0.1, 0.15) is 25.0 Å². The van der Waals surface area contributed by atoms with Crippen LogP contribution in [-0.4, -0.2) is 10.5 Å². The molecule has 1 N–H and O–H groups in total. The number of aliphatic hydroxyl groups excluding tert-OH is 1. The molecular weight excluding hydrogens is 204 g/mol. The second kappa shape index (κ2) is 4.98. The van der Waals surface area contributed by atoms with Crippen molar-refractivity contribution in [3.63, 3.8) is 0 Å². The van der Waals surface area contributed by atoms with Gasteiger partial charge >= 0.3 is 5.43 Å². The topological polar surface area (TPSA) is 46.5 Å². The predicted molar refractivity (Wildman–Crippen MR) is 53.6 cm³/mol. The summed E-state index contributed by atoms with van der Waals surface area (Å²) in [6.45, 7) is 1.89. The number of halogens is 1. The van der Waals surface area contributed by atoms with Crippen molar-refractivity contribution in [2.45, 2.75) is 19.4 Å². The van der Waals surface area contributed by atoms with Gasteiger partial charge in [0, 0.05) is 11.6 Å². The van der Waals surface area contributed by atoms with Gasteiger partial charge in [0.1, 0.15) is 5.75 Å². The molecule has 0 aliphatic carbocycles. The highest BCUT2D eigenvalue weighted by Gasteiger charge is 2.05. The minimum Gasteiger partial charge on any atom is -0.415 e. The van der Waals surface area contributed by atoms with Crippen LogP contribution in [0.5, 0.6) is 5.75 Å². The maximum Gasteiger partial charge on any atom is 0.409 e. The largest absolute Gasteiger partial charge is 0.415 e. The molecular formula is C10H11ClO3. The minimum atomic E-state index is -0.867. The zero-order chi connectivity index (χ0) is 10.6. The summed E-state index contributed by atoms with van der Waals surface area (Å²) in [4.78, 5) is 10.4. The highest BCUT2D eigenvalue weighted by atomic mass is 35.5. The molecule has 1 aromatic rings. The number of hydrogen-bond donors (Lipinski definition) is 1. The van der Waals surface area contributed by atoms with E-state index < -0.39 is 11.5 Å². The van der Waals surface area contributed by atoms with Crippen LogP contribution in [0.25, 0.3) is 0 Å². The van der Waals surface area contributed by atoms with Crippen molar-refractivity contribution < 1.29 is 14.6 Å². The Morgan fingerprint density at radius 2 is 2.07 bits per heavy atom. The Bertz CT molecular complexity index is 308. The maximum atomic E-state index is 10.4. The molecule has 0 saturated carbocycles. The van der Waals surface area contributed by atoms with Crippen LogP contribution in [0.2, 0.25) is 0 Å². The highest BCUT2D eigenvalue weighted by Crippen LogP contribution is 2.20. The van der Waals surface area contributed by atoms with E-state index in [9.17, 15) is 9.90 Å². The van der Waals surface area contributed by atoms with E-state index in [-0.39, 0.29) is 0 Å². The molecule has 0 amide bonds. The molecule has 0 radical (unpaired) electrons. The maximum absolute atomic E-state index is 10.4. The van der Waals surface area contributed by atoms with Gasteiger partial charge in [-0.2, -0.15) is 0 Å². The average molecular weight is 215 g/mol. The number of rotatable bonds is 3. The van der Waals surface area contributed by atoms with E-state index in [0.717, 1.165) is 5.56 Å². The molecule has 0 aliphatic heterocycles. The second-order valence-electron chi connectivity index (χ2n) is 2.83. The minimum absolute atomic E-state index is 0.372. The molecule has 1 unspecified atom stereocenters. The highest BCUT2D eigenvalue weighted by molar-refractivity contribution is 6.61. The first-order chi connectivity index (χ1) is 6.63. The van der Waals surface area contributed by atoms with Gasteiger partial charge in [0.15, 0.2) is 0 Å². The summed E-state index contributed by atoms with van der Waals surface area (Å²) >= 11 is 5.03. The lowest BCUT2D eigenvalue weighted by atomic mass is 10.1. The Morgan fingerprint density at radius 3 is 2.50 bits per heavy atom. The molecule has 0 aromatic heterocycles. The van der Waals surface area contributed by atoms with E-state index >= 15 is 0 Å². The summed E-state index contributed by atoms with van der Waals surface area (Å²) in [5.41, 5.74) is -0.0735. The Kier molecular flexibility index (Phi) is 3.92. The molecule has 1 aromatic carbocycles. The summed E-state index contributed by atoms with van der Waals surface area (Å²) in [5, 5.41) is 9.47. The summed E-state index contributed by atoms with van der Waals surface area (Å²) in [6.07, 6.45) is 0.171. The van der Waals surface area contributed by atoms with Crippen LogP contribution in [0.15, 0.2) is 24.3 Å². The van der Waals surface area contributed by atoms with Gasteiger partial charge < -0.3 is 9.84 Å². The Hall–Kier alpha value is -1.06. The summed E-state index contributed by atoms with van der Waals surface area (Å²) in [5.74, 6) is 0.372. The molecule has 4 heteroatoms. The Balaban J connectivity index is 2.73. The molecule has 0 bridgehead atoms.